The number of nitrogens with one attached hydrogen (secondary N) is 1. The Morgan fingerprint density at radius 3 is 2.56 bits per heavy atom. The summed E-state index contributed by atoms with van der Waals surface area (Å²) in [7, 11) is -3.87. The van der Waals surface area contributed by atoms with Gasteiger partial charge in [0.05, 0.1) is 28.8 Å². The molecule has 1 aliphatic heterocycles. The first-order chi connectivity index (χ1) is 21.5. The van der Waals surface area contributed by atoms with Gasteiger partial charge in [-0.2, -0.15) is 5.10 Å². The number of carbonyl (C=O) groups is 2. The zero-order chi connectivity index (χ0) is 32.0. The van der Waals surface area contributed by atoms with Crippen LogP contribution in [0.15, 0.2) is 110 Å². The molecule has 11 nitrogen and oxygen atoms in total. The van der Waals surface area contributed by atoms with Crippen LogP contribution < -0.4 is 15.2 Å². The van der Waals surface area contributed by atoms with Gasteiger partial charge in [0.2, 0.25) is 10.0 Å². The maximum Gasteiger partial charge on any atom is 0.267 e. The van der Waals surface area contributed by atoms with Crippen molar-refractivity contribution in [3.8, 4) is 5.75 Å². The number of rotatable bonds is 10. The molecule has 2 amide bonds. The van der Waals surface area contributed by atoms with Gasteiger partial charge in [-0.3, -0.25) is 14.5 Å². The number of ether oxygens (including phenoxy) is 1. The lowest BCUT2D eigenvalue weighted by atomic mass is 10.2. The van der Waals surface area contributed by atoms with E-state index in [4.69, 9.17) is 25.9 Å². The summed E-state index contributed by atoms with van der Waals surface area (Å²) in [5.41, 5.74) is 1.39. The molecular weight excluding hydrogens is 645 g/mol. The van der Waals surface area contributed by atoms with E-state index in [0.29, 0.717) is 27.6 Å². The van der Waals surface area contributed by atoms with E-state index in [1.54, 1.807) is 48.5 Å². The first kappa shape index (κ1) is 31.7. The van der Waals surface area contributed by atoms with Gasteiger partial charge >= 0.3 is 0 Å². The number of thioether (sulfide) groups is 1. The van der Waals surface area contributed by atoms with Crippen LogP contribution >= 0.6 is 23.4 Å². The molecule has 0 atom stereocenters. The van der Waals surface area contributed by atoms with Crippen molar-refractivity contribution in [2.24, 2.45) is 15.3 Å². The van der Waals surface area contributed by atoms with Crippen LogP contribution in [0.25, 0.3) is 6.08 Å². The van der Waals surface area contributed by atoms with Crippen LogP contribution in [0.2, 0.25) is 5.02 Å². The van der Waals surface area contributed by atoms with Gasteiger partial charge in [0.15, 0.2) is 11.8 Å². The molecule has 4 aromatic rings. The normalized spacial score (nSPS) is 15.4. The third-order valence-corrected chi connectivity index (χ3v) is 8.25. The maximum atomic E-state index is 13.5. The molecule has 0 bridgehead atoms. The highest BCUT2D eigenvalue weighted by Crippen LogP contribution is 2.36. The monoisotopic (exact) mass is 667 g/mol. The fourth-order valence-electron chi connectivity index (χ4n) is 3.95. The average Bonchev–Trinajstić information content (AvgIpc) is 3.62. The largest absolute Gasteiger partial charge is 0.483 e. The Balaban J connectivity index is 1.34. The summed E-state index contributed by atoms with van der Waals surface area (Å²) in [4.78, 5) is 27.7. The van der Waals surface area contributed by atoms with Crippen LogP contribution in [-0.4, -0.2) is 43.1 Å². The molecule has 1 fully saturated rings. The lowest BCUT2D eigenvalue weighted by molar-refractivity contribution is -0.122. The lowest BCUT2D eigenvalue weighted by Crippen LogP contribution is -2.28. The number of sulfonamides is 1. The molecule has 1 saturated heterocycles. The van der Waals surface area contributed by atoms with Crippen molar-refractivity contribution in [2.75, 3.05) is 11.9 Å². The molecule has 5 rings (SSSR count). The number of nitrogens with zero attached hydrogens (tertiary/aromatic N) is 3. The van der Waals surface area contributed by atoms with Gasteiger partial charge in [-0.25, -0.2) is 17.9 Å². The Hall–Kier alpha value is -4.76. The number of primary sulfonamides is 1. The van der Waals surface area contributed by atoms with Crippen LogP contribution in [0.3, 0.4) is 0 Å². The Morgan fingerprint density at radius 2 is 1.87 bits per heavy atom. The second kappa shape index (κ2) is 13.9. The van der Waals surface area contributed by atoms with Crippen LogP contribution in [0.5, 0.6) is 5.75 Å². The number of hydrogen-bond donors (Lipinski definition) is 2. The average molecular weight is 668 g/mol. The topological polar surface area (TPSA) is 157 Å². The quantitative estimate of drug-likeness (QED) is 0.133. The Morgan fingerprint density at radius 1 is 1.11 bits per heavy atom. The van der Waals surface area contributed by atoms with E-state index in [0.717, 1.165) is 11.8 Å². The number of amidine groups is 1. The summed E-state index contributed by atoms with van der Waals surface area (Å²) in [6.45, 7) is -0.302. The highest BCUT2D eigenvalue weighted by atomic mass is 35.5. The summed E-state index contributed by atoms with van der Waals surface area (Å²) in [6, 6.07) is 19.2. The van der Waals surface area contributed by atoms with E-state index in [2.05, 4.69) is 15.5 Å². The van der Waals surface area contributed by atoms with Crippen LogP contribution in [0.1, 0.15) is 16.9 Å². The van der Waals surface area contributed by atoms with Crippen LogP contribution in [0.4, 0.5) is 10.1 Å². The Kier molecular flexibility index (Phi) is 9.78. The number of nitrogens with two attached hydrogens (primary N) is 1. The summed E-state index contributed by atoms with van der Waals surface area (Å²) < 4.78 is 47.3. The van der Waals surface area contributed by atoms with E-state index in [-0.39, 0.29) is 39.0 Å². The second-order valence-corrected chi connectivity index (χ2v) is 12.4. The number of anilines is 1. The number of carbonyl (C=O) groups excluding carboxylic acids is 2. The molecule has 3 N–H and O–H groups in total. The molecule has 0 saturated carbocycles. The van der Waals surface area contributed by atoms with Crippen LogP contribution in [0, 0.1) is 5.82 Å². The van der Waals surface area contributed by atoms with Gasteiger partial charge < -0.3 is 14.5 Å². The summed E-state index contributed by atoms with van der Waals surface area (Å²) in [5.74, 6) is -0.471. The minimum absolute atomic E-state index is 0.0921. The third kappa shape index (κ3) is 8.45. The number of hydrogen-bond acceptors (Lipinski definition) is 9. The highest BCUT2D eigenvalue weighted by molar-refractivity contribution is 8.18. The van der Waals surface area contributed by atoms with Gasteiger partial charge in [0, 0.05) is 16.3 Å². The van der Waals surface area contributed by atoms with E-state index < -0.39 is 22.5 Å². The van der Waals surface area contributed by atoms with E-state index in [1.165, 1.54) is 53.8 Å². The fourth-order valence-corrected chi connectivity index (χ4v) is 5.57. The summed E-state index contributed by atoms with van der Waals surface area (Å²) >= 11 is 7.31. The van der Waals surface area contributed by atoms with Crippen molar-refractivity contribution in [3.63, 3.8) is 0 Å². The predicted molar refractivity (Wildman–Crippen MR) is 170 cm³/mol. The molecule has 0 aliphatic carbocycles. The molecule has 0 unspecified atom stereocenters. The maximum absolute atomic E-state index is 13.5. The van der Waals surface area contributed by atoms with Crippen molar-refractivity contribution >= 4 is 68.3 Å². The number of amides is 2. The lowest BCUT2D eigenvalue weighted by Gasteiger charge is -2.13. The number of benzene rings is 3. The molecule has 1 aliphatic rings. The van der Waals surface area contributed by atoms with Gasteiger partial charge in [-0.05, 0) is 90.1 Å². The van der Waals surface area contributed by atoms with Crippen molar-refractivity contribution < 1.29 is 31.6 Å². The molecule has 0 radical (unpaired) electrons. The standard InChI is InChI=1S/C30H23ClFN5O6S2/c31-21-5-12-26(43-18-28(38)35-23-8-10-25(11-9-23)45(33,40)41)20(14-21)15-27-29(39)37(17-24-2-1-13-42-24)30(44-27)36-34-16-19-3-6-22(32)7-4-19/h1-16H,17-18H2,(H,35,38)(H2,33,40,41)/b27-15-,34-16-,36-30+. The minimum atomic E-state index is -3.87. The predicted octanol–water partition coefficient (Wildman–Crippen LogP) is 5.24. The minimum Gasteiger partial charge on any atom is -0.483 e. The molecule has 45 heavy (non-hydrogen) atoms. The second-order valence-electron chi connectivity index (χ2n) is 9.35. The van der Waals surface area contributed by atoms with Crippen molar-refractivity contribution in [2.45, 2.75) is 11.4 Å². The molecule has 0 spiro atoms. The van der Waals surface area contributed by atoms with Gasteiger partial charge in [0.1, 0.15) is 17.3 Å². The fraction of sp³-hybridized carbons (Fsp3) is 0.0667. The highest BCUT2D eigenvalue weighted by Gasteiger charge is 2.34. The SMILES string of the molecule is NS(=O)(=O)c1ccc(NC(=O)COc2ccc(Cl)cc2/C=C2\S/C(=N/N=C\c3ccc(F)cc3)N(Cc3ccco3)C2=O)cc1. The summed E-state index contributed by atoms with van der Waals surface area (Å²) in [6.07, 6.45) is 4.50. The smallest absolute Gasteiger partial charge is 0.267 e. The molecule has 230 valence electrons. The molecular formula is C30H23ClFN5O6S2. The first-order valence-corrected chi connectivity index (χ1v) is 15.7. The third-order valence-electron chi connectivity index (χ3n) is 6.09. The zero-order valence-electron chi connectivity index (χ0n) is 23.1. The van der Waals surface area contributed by atoms with Gasteiger partial charge in [0.25, 0.3) is 11.8 Å². The first-order valence-electron chi connectivity index (χ1n) is 13.0. The molecule has 1 aromatic heterocycles. The molecule has 15 heteroatoms. The van der Waals surface area contributed by atoms with Crippen molar-refractivity contribution in [1.82, 2.24) is 4.90 Å². The van der Waals surface area contributed by atoms with Gasteiger partial charge in [-0.15, -0.1) is 5.10 Å². The van der Waals surface area contributed by atoms with Crippen molar-refractivity contribution in [3.05, 3.63) is 118 Å². The van der Waals surface area contributed by atoms with Crippen LogP contribution in [-0.2, 0) is 26.2 Å². The van der Waals surface area contributed by atoms with E-state index in [9.17, 15) is 22.4 Å². The van der Waals surface area contributed by atoms with E-state index in [1.807, 2.05) is 0 Å². The van der Waals surface area contributed by atoms with E-state index >= 15 is 0 Å². The summed E-state index contributed by atoms with van der Waals surface area (Å²) in [5, 5.41) is 16.7. The zero-order valence-corrected chi connectivity index (χ0v) is 25.5. The van der Waals surface area contributed by atoms with Gasteiger partial charge in [-0.1, -0.05) is 23.7 Å². The number of furan rings is 1. The Bertz CT molecular complexity index is 1910. The number of halogens is 2. The Labute approximate surface area is 266 Å². The molecule has 3 aromatic carbocycles. The molecule has 2 heterocycles. The van der Waals surface area contributed by atoms with Crippen molar-refractivity contribution in [1.29, 1.82) is 0 Å².